The molecule has 1 atom stereocenters. The molecule has 0 radical (unpaired) electrons. The summed E-state index contributed by atoms with van der Waals surface area (Å²) in [5, 5.41) is 2.93. The Balaban J connectivity index is 1.64. The topological polar surface area (TPSA) is 38.3 Å². The smallest absolute Gasteiger partial charge is 0.220 e. The molecule has 1 amide bonds. The number of hydrogen-bond donors (Lipinski definition) is 1. The lowest BCUT2D eigenvalue weighted by atomic mass is 10.0. The van der Waals surface area contributed by atoms with Crippen LogP contribution in [0.1, 0.15) is 50.7 Å². The molecule has 1 aromatic carbocycles. The van der Waals surface area contributed by atoms with Crippen LogP contribution in [0.25, 0.3) is 0 Å². The van der Waals surface area contributed by atoms with Gasteiger partial charge in [-0.2, -0.15) is 0 Å². The minimum absolute atomic E-state index is 0.133. The molecule has 1 aromatic rings. The maximum absolute atomic E-state index is 11.7. The zero-order chi connectivity index (χ0) is 15.1. The van der Waals surface area contributed by atoms with Gasteiger partial charge in [0.05, 0.1) is 6.54 Å². The van der Waals surface area contributed by atoms with Gasteiger partial charge in [-0.3, -0.25) is 4.79 Å². The van der Waals surface area contributed by atoms with Crippen LogP contribution in [-0.2, 0) is 17.6 Å². The number of rotatable bonds is 8. The Kier molecular flexibility index (Phi) is 6.09. The first-order valence-electron chi connectivity index (χ1n) is 8.20. The molecule has 0 saturated heterocycles. The predicted molar refractivity (Wildman–Crippen MR) is 85.7 cm³/mol. The molecule has 0 bridgehead atoms. The number of aryl methyl sites for hydroxylation is 2. The molecule has 2 rings (SSSR count). The molecule has 0 aliphatic heterocycles. The van der Waals surface area contributed by atoms with E-state index in [1.165, 1.54) is 30.4 Å². The highest BCUT2D eigenvalue weighted by Crippen LogP contribution is 2.25. The second kappa shape index (κ2) is 8.06. The molecular formula is C18H27NO2. The van der Waals surface area contributed by atoms with E-state index in [0.29, 0.717) is 25.5 Å². The van der Waals surface area contributed by atoms with E-state index in [4.69, 9.17) is 4.74 Å². The van der Waals surface area contributed by atoms with Crippen LogP contribution < -0.4 is 10.1 Å². The maximum atomic E-state index is 11.7. The number of fused-ring (bicyclic) bond motifs is 1. The quantitative estimate of drug-likeness (QED) is 0.744. The summed E-state index contributed by atoms with van der Waals surface area (Å²) in [6, 6.07) is 6.35. The van der Waals surface area contributed by atoms with Gasteiger partial charge in [-0.1, -0.05) is 32.8 Å². The van der Waals surface area contributed by atoms with Crippen molar-refractivity contribution in [3.05, 3.63) is 29.3 Å². The summed E-state index contributed by atoms with van der Waals surface area (Å²) in [6.45, 7) is 5.39. The first-order valence-corrected chi connectivity index (χ1v) is 8.20. The Bertz CT molecular complexity index is 470. The third-order valence-corrected chi connectivity index (χ3v) is 4.08. The molecule has 1 N–H and O–H groups in total. The third kappa shape index (κ3) is 5.07. The molecule has 0 aromatic heterocycles. The maximum Gasteiger partial charge on any atom is 0.220 e. The van der Waals surface area contributed by atoms with E-state index in [1.54, 1.807) is 0 Å². The van der Waals surface area contributed by atoms with E-state index in [9.17, 15) is 4.79 Å². The number of carbonyl (C=O) groups excluding carboxylic acids is 1. The SMILES string of the molecule is CCCC(C)CC(=O)NCCOc1ccc2c(c1)CCC2. The van der Waals surface area contributed by atoms with E-state index < -0.39 is 0 Å². The summed E-state index contributed by atoms with van der Waals surface area (Å²) < 4.78 is 5.72. The van der Waals surface area contributed by atoms with Crippen molar-refractivity contribution < 1.29 is 9.53 Å². The average molecular weight is 289 g/mol. The summed E-state index contributed by atoms with van der Waals surface area (Å²) in [7, 11) is 0. The van der Waals surface area contributed by atoms with Crippen LogP contribution >= 0.6 is 0 Å². The molecule has 21 heavy (non-hydrogen) atoms. The number of amides is 1. The molecule has 1 unspecified atom stereocenters. The molecule has 0 spiro atoms. The predicted octanol–water partition coefficient (Wildman–Crippen LogP) is 3.50. The van der Waals surface area contributed by atoms with E-state index in [1.807, 2.05) is 6.07 Å². The highest BCUT2D eigenvalue weighted by Gasteiger charge is 2.11. The number of hydrogen-bond acceptors (Lipinski definition) is 2. The van der Waals surface area contributed by atoms with Crippen LogP contribution in [0.4, 0.5) is 0 Å². The standard InChI is InChI=1S/C18H27NO2/c1-3-5-14(2)12-18(20)19-10-11-21-17-9-8-15-6-4-7-16(15)13-17/h8-9,13-14H,3-7,10-12H2,1-2H3,(H,19,20). The van der Waals surface area contributed by atoms with Gasteiger partial charge in [0.2, 0.25) is 5.91 Å². The first kappa shape index (κ1) is 15.9. The van der Waals surface area contributed by atoms with Crippen molar-refractivity contribution in [3.8, 4) is 5.75 Å². The van der Waals surface area contributed by atoms with Crippen molar-refractivity contribution in [2.45, 2.75) is 52.4 Å². The van der Waals surface area contributed by atoms with Gasteiger partial charge in [-0.25, -0.2) is 0 Å². The fourth-order valence-corrected chi connectivity index (χ4v) is 2.98. The lowest BCUT2D eigenvalue weighted by Crippen LogP contribution is -2.29. The Morgan fingerprint density at radius 3 is 2.95 bits per heavy atom. The molecule has 1 aliphatic carbocycles. The number of ether oxygens (including phenoxy) is 1. The van der Waals surface area contributed by atoms with Crippen LogP contribution in [-0.4, -0.2) is 19.1 Å². The third-order valence-electron chi connectivity index (χ3n) is 4.08. The van der Waals surface area contributed by atoms with Crippen LogP contribution in [0, 0.1) is 5.92 Å². The molecule has 0 fully saturated rings. The molecular weight excluding hydrogens is 262 g/mol. The second-order valence-corrected chi connectivity index (χ2v) is 6.08. The van der Waals surface area contributed by atoms with Crippen LogP contribution in [0.2, 0.25) is 0 Å². The van der Waals surface area contributed by atoms with Crippen LogP contribution in [0.5, 0.6) is 5.75 Å². The normalized spacial score (nSPS) is 14.6. The van der Waals surface area contributed by atoms with Crippen molar-refractivity contribution in [2.75, 3.05) is 13.2 Å². The molecule has 3 nitrogen and oxygen atoms in total. The summed E-state index contributed by atoms with van der Waals surface area (Å²) in [6.07, 6.45) is 6.48. The zero-order valence-corrected chi connectivity index (χ0v) is 13.3. The lowest BCUT2D eigenvalue weighted by Gasteiger charge is -2.11. The lowest BCUT2D eigenvalue weighted by molar-refractivity contribution is -0.122. The van der Waals surface area contributed by atoms with Crippen LogP contribution in [0.15, 0.2) is 18.2 Å². The van der Waals surface area contributed by atoms with Gasteiger partial charge in [0.25, 0.3) is 0 Å². The highest BCUT2D eigenvalue weighted by atomic mass is 16.5. The van der Waals surface area contributed by atoms with E-state index in [0.717, 1.165) is 18.6 Å². The van der Waals surface area contributed by atoms with Gasteiger partial charge in [-0.05, 0) is 48.4 Å². The first-order chi connectivity index (χ1) is 10.2. The number of benzene rings is 1. The molecule has 0 saturated carbocycles. The zero-order valence-electron chi connectivity index (χ0n) is 13.3. The second-order valence-electron chi connectivity index (χ2n) is 6.08. The minimum atomic E-state index is 0.133. The largest absolute Gasteiger partial charge is 0.492 e. The van der Waals surface area contributed by atoms with E-state index in [-0.39, 0.29) is 5.91 Å². The molecule has 116 valence electrons. The van der Waals surface area contributed by atoms with Crippen molar-refractivity contribution in [1.82, 2.24) is 5.32 Å². The van der Waals surface area contributed by atoms with Crippen molar-refractivity contribution >= 4 is 5.91 Å². The Labute approximate surface area is 128 Å². The number of nitrogens with one attached hydrogen (secondary N) is 1. The number of carbonyl (C=O) groups is 1. The van der Waals surface area contributed by atoms with Gasteiger partial charge >= 0.3 is 0 Å². The van der Waals surface area contributed by atoms with E-state index in [2.05, 4.69) is 31.3 Å². The fourth-order valence-electron chi connectivity index (χ4n) is 2.98. The molecule has 1 aliphatic rings. The van der Waals surface area contributed by atoms with Gasteiger partial charge in [-0.15, -0.1) is 0 Å². The summed E-state index contributed by atoms with van der Waals surface area (Å²) in [5.41, 5.74) is 2.88. The van der Waals surface area contributed by atoms with Crippen molar-refractivity contribution in [3.63, 3.8) is 0 Å². The van der Waals surface area contributed by atoms with Crippen molar-refractivity contribution in [2.24, 2.45) is 5.92 Å². The fraction of sp³-hybridized carbons (Fsp3) is 0.611. The van der Waals surface area contributed by atoms with Crippen molar-refractivity contribution in [1.29, 1.82) is 0 Å². The molecule has 3 heteroatoms. The van der Waals surface area contributed by atoms with Gasteiger partial charge in [0, 0.05) is 6.42 Å². The summed E-state index contributed by atoms with van der Waals surface area (Å²) in [4.78, 5) is 11.7. The monoisotopic (exact) mass is 289 g/mol. The Morgan fingerprint density at radius 2 is 2.14 bits per heavy atom. The minimum Gasteiger partial charge on any atom is -0.492 e. The van der Waals surface area contributed by atoms with Gasteiger partial charge in [0.15, 0.2) is 0 Å². The Hall–Kier alpha value is -1.51. The Morgan fingerprint density at radius 1 is 1.33 bits per heavy atom. The summed E-state index contributed by atoms with van der Waals surface area (Å²) >= 11 is 0. The van der Waals surface area contributed by atoms with Gasteiger partial charge in [0.1, 0.15) is 12.4 Å². The average Bonchev–Trinajstić information content (AvgIpc) is 2.91. The summed E-state index contributed by atoms with van der Waals surface area (Å²) in [5.74, 6) is 1.52. The van der Waals surface area contributed by atoms with Gasteiger partial charge < -0.3 is 10.1 Å². The highest BCUT2D eigenvalue weighted by molar-refractivity contribution is 5.76. The van der Waals surface area contributed by atoms with Crippen LogP contribution in [0.3, 0.4) is 0 Å². The molecule has 0 heterocycles. The van der Waals surface area contributed by atoms with E-state index >= 15 is 0 Å².